The van der Waals surface area contributed by atoms with Crippen molar-refractivity contribution < 1.29 is 14.7 Å². The normalized spacial score (nSPS) is 54.6. The Morgan fingerprint density at radius 2 is 1.86 bits per heavy atom. The number of carbonyl (C=O) groups is 2. The van der Waals surface area contributed by atoms with Gasteiger partial charge in [-0.15, -0.1) is 0 Å². The van der Waals surface area contributed by atoms with Crippen LogP contribution in [0.5, 0.6) is 0 Å². The number of carbonyl (C=O) groups excluding carboxylic acids is 2. The van der Waals surface area contributed by atoms with Crippen LogP contribution in [-0.2, 0) is 9.59 Å². The summed E-state index contributed by atoms with van der Waals surface area (Å²) in [6.45, 7) is 4.36. The molecule has 0 aromatic carbocycles. The van der Waals surface area contributed by atoms with Crippen molar-refractivity contribution in [2.45, 2.75) is 71.3 Å². The summed E-state index contributed by atoms with van der Waals surface area (Å²) in [7, 11) is 0. The number of aliphatic hydroxyl groups is 1. The summed E-state index contributed by atoms with van der Waals surface area (Å²) in [4.78, 5) is 25.4. The number of hydrogen-bond acceptors (Lipinski definition) is 3. The van der Waals surface area contributed by atoms with Crippen molar-refractivity contribution in [3.8, 4) is 0 Å². The van der Waals surface area contributed by atoms with Crippen molar-refractivity contribution in [2.75, 3.05) is 0 Å². The van der Waals surface area contributed by atoms with Crippen LogP contribution in [0.15, 0.2) is 0 Å². The predicted molar refractivity (Wildman–Crippen MR) is 83.1 cm³/mol. The van der Waals surface area contributed by atoms with E-state index in [0.717, 1.165) is 38.5 Å². The highest BCUT2D eigenvalue weighted by Crippen LogP contribution is 2.64. The van der Waals surface area contributed by atoms with Crippen molar-refractivity contribution in [1.29, 1.82) is 0 Å². The second-order valence-electron chi connectivity index (χ2n) is 8.98. The summed E-state index contributed by atoms with van der Waals surface area (Å²) in [5, 5.41) is 10.0. The largest absolute Gasteiger partial charge is 0.393 e. The molecule has 3 nitrogen and oxygen atoms in total. The van der Waals surface area contributed by atoms with Gasteiger partial charge in [0.05, 0.1) is 6.10 Å². The Morgan fingerprint density at radius 1 is 1.09 bits per heavy atom. The Balaban J connectivity index is 1.71. The number of rotatable bonds is 0. The van der Waals surface area contributed by atoms with Gasteiger partial charge in [-0.2, -0.15) is 0 Å². The predicted octanol–water partition coefficient (Wildman–Crippen LogP) is 3.14. The Labute approximate surface area is 132 Å². The highest BCUT2D eigenvalue weighted by Gasteiger charge is 2.63. The monoisotopic (exact) mass is 304 g/mol. The second kappa shape index (κ2) is 4.66. The molecule has 4 aliphatic carbocycles. The third kappa shape index (κ3) is 1.78. The van der Waals surface area contributed by atoms with Crippen LogP contribution in [0.25, 0.3) is 0 Å². The van der Waals surface area contributed by atoms with Crippen molar-refractivity contribution in [2.24, 2.45) is 34.5 Å². The minimum Gasteiger partial charge on any atom is -0.393 e. The molecule has 22 heavy (non-hydrogen) atoms. The Kier molecular flexibility index (Phi) is 3.15. The zero-order chi connectivity index (χ0) is 15.7. The fourth-order valence-electron chi connectivity index (χ4n) is 6.83. The average molecular weight is 304 g/mol. The molecule has 0 saturated heterocycles. The van der Waals surface area contributed by atoms with E-state index < -0.39 is 0 Å². The molecule has 0 radical (unpaired) electrons. The maximum absolute atomic E-state index is 13.0. The summed E-state index contributed by atoms with van der Waals surface area (Å²) in [6.07, 6.45) is 6.86. The molecule has 0 aromatic rings. The molecule has 0 aromatic heterocycles. The molecular formula is C19H28O3. The summed E-state index contributed by atoms with van der Waals surface area (Å²) in [5.74, 6) is 2.14. The summed E-state index contributed by atoms with van der Waals surface area (Å²) in [6, 6.07) is 0. The summed E-state index contributed by atoms with van der Waals surface area (Å²) >= 11 is 0. The minimum atomic E-state index is -0.365. The lowest BCUT2D eigenvalue weighted by atomic mass is 9.45. The van der Waals surface area contributed by atoms with Crippen LogP contribution in [0.2, 0.25) is 0 Å². The first-order valence-electron chi connectivity index (χ1n) is 9.10. The highest BCUT2D eigenvalue weighted by atomic mass is 16.3. The van der Waals surface area contributed by atoms with Gasteiger partial charge in [-0.1, -0.05) is 13.8 Å². The molecule has 1 N–H and O–H groups in total. The SMILES string of the molecule is C[C@]12CC[C@H](O)CC1CCC1C2C(=O)C[C@]2(C)C(=O)CCC12. The van der Waals surface area contributed by atoms with Crippen LogP contribution in [-0.4, -0.2) is 22.8 Å². The smallest absolute Gasteiger partial charge is 0.139 e. The Morgan fingerprint density at radius 3 is 2.64 bits per heavy atom. The molecule has 3 heteroatoms. The van der Waals surface area contributed by atoms with Gasteiger partial charge in [-0.3, -0.25) is 9.59 Å². The lowest BCUT2D eigenvalue weighted by molar-refractivity contribution is -0.162. The molecule has 0 spiro atoms. The average Bonchev–Trinajstić information content (AvgIpc) is 2.75. The molecule has 4 saturated carbocycles. The second-order valence-corrected chi connectivity index (χ2v) is 8.98. The van der Waals surface area contributed by atoms with E-state index in [1.54, 1.807) is 0 Å². The summed E-state index contributed by atoms with van der Waals surface area (Å²) < 4.78 is 0. The molecular weight excluding hydrogens is 276 g/mol. The molecule has 4 rings (SSSR count). The van der Waals surface area contributed by atoms with E-state index in [0.29, 0.717) is 42.2 Å². The van der Waals surface area contributed by atoms with Crippen molar-refractivity contribution >= 4 is 11.6 Å². The zero-order valence-corrected chi connectivity index (χ0v) is 13.8. The molecule has 4 fully saturated rings. The third-order valence-electron chi connectivity index (χ3n) is 8.04. The van der Waals surface area contributed by atoms with Gasteiger partial charge in [-0.25, -0.2) is 0 Å². The minimum absolute atomic E-state index is 0.0617. The van der Waals surface area contributed by atoms with E-state index >= 15 is 0 Å². The van der Waals surface area contributed by atoms with E-state index in [4.69, 9.17) is 0 Å². The van der Waals surface area contributed by atoms with Gasteiger partial charge < -0.3 is 5.11 Å². The maximum atomic E-state index is 13.0. The van der Waals surface area contributed by atoms with E-state index in [1.807, 2.05) is 0 Å². The van der Waals surface area contributed by atoms with Gasteiger partial charge in [0.1, 0.15) is 11.6 Å². The first-order valence-corrected chi connectivity index (χ1v) is 9.10. The topological polar surface area (TPSA) is 54.4 Å². The quantitative estimate of drug-likeness (QED) is 0.748. The van der Waals surface area contributed by atoms with E-state index in [1.165, 1.54) is 0 Å². The van der Waals surface area contributed by atoms with Gasteiger partial charge in [0.2, 0.25) is 0 Å². The molecule has 0 heterocycles. The van der Waals surface area contributed by atoms with Crippen molar-refractivity contribution in [1.82, 2.24) is 0 Å². The number of fused-ring (bicyclic) bond motifs is 5. The highest BCUT2D eigenvalue weighted by molar-refractivity contribution is 5.95. The first-order chi connectivity index (χ1) is 10.4. The lowest BCUT2D eigenvalue weighted by Crippen LogP contribution is -2.57. The van der Waals surface area contributed by atoms with Crippen LogP contribution >= 0.6 is 0 Å². The standard InChI is InChI=1S/C19H28O3/c1-18-8-7-12(20)9-11(18)3-4-13-14-5-6-16(22)19(14,2)10-15(21)17(13)18/h11-14,17,20H,3-10H2,1-2H3/t11?,12-,13?,14?,17?,18-,19-/m0/s1. The van der Waals surface area contributed by atoms with Crippen LogP contribution in [0, 0.1) is 34.5 Å². The summed E-state index contributed by atoms with van der Waals surface area (Å²) in [5.41, 5.74) is -0.304. The van der Waals surface area contributed by atoms with Crippen molar-refractivity contribution in [3.63, 3.8) is 0 Å². The van der Waals surface area contributed by atoms with Gasteiger partial charge in [0.25, 0.3) is 0 Å². The molecule has 0 aliphatic heterocycles. The van der Waals surface area contributed by atoms with Gasteiger partial charge in [0, 0.05) is 24.2 Å². The fraction of sp³-hybridized carbons (Fsp3) is 0.895. The number of aliphatic hydroxyl groups excluding tert-OH is 1. The Hall–Kier alpha value is -0.700. The number of ketones is 2. The number of Topliss-reactive ketones (excluding diaryl/α,β-unsaturated/α-hetero) is 2. The zero-order valence-electron chi connectivity index (χ0n) is 13.8. The molecule has 4 unspecified atom stereocenters. The first kappa shape index (κ1) is 14.9. The van der Waals surface area contributed by atoms with Crippen LogP contribution < -0.4 is 0 Å². The molecule has 122 valence electrons. The van der Waals surface area contributed by atoms with E-state index in [2.05, 4.69) is 13.8 Å². The van der Waals surface area contributed by atoms with E-state index in [9.17, 15) is 14.7 Å². The molecule has 7 atom stereocenters. The molecule has 0 bridgehead atoms. The van der Waals surface area contributed by atoms with Gasteiger partial charge in [-0.05, 0) is 61.7 Å². The Bertz CT molecular complexity index is 527. The van der Waals surface area contributed by atoms with Crippen LogP contribution in [0.1, 0.15) is 65.2 Å². The third-order valence-corrected chi connectivity index (χ3v) is 8.04. The maximum Gasteiger partial charge on any atom is 0.139 e. The number of hydrogen-bond donors (Lipinski definition) is 1. The van der Waals surface area contributed by atoms with Gasteiger partial charge in [0.15, 0.2) is 0 Å². The van der Waals surface area contributed by atoms with Crippen LogP contribution in [0.4, 0.5) is 0 Å². The molecule has 0 amide bonds. The lowest BCUT2D eigenvalue weighted by Gasteiger charge is -2.58. The van der Waals surface area contributed by atoms with E-state index in [-0.39, 0.29) is 22.9 Å². The van der Waals surface area contributed by atoms with Crippen molar-refractivity contribution in [3.05, 3.63) is 0 Å². The molecule has 4 aliphatic rings. The van der Waals surface area contributed by atoms with Gasteiger partial charge >= 0.3 is 0 Å². The van der Waals surface area contributed by atoms with Crippen LogP contribution in [0.3, 0.4) is 0 Å². The fourth-order valence-corrected chi connectivity index (χ4v) is 6.83.